The molecule has 0 saturated heterocycles. The fourth-order valence-electron chi connectivity index (χ4n) is 3.60. The molecule has 0 radical (unpaired) electrons. The number of benzene rings is 1. The number of amides is 1. The van der Waals surface area contributed by atoms with Gasteiger partial charge in [0.15, 0.2) is 0 Å². The van der Waals surface area contributed by atoms with Crippen LogP contribution >= 0.6 is 11.8 Å². The average molecular weight is 388 g/mol. The second kappa shape index (κ2) is 8.87. The van der Waals surface area contributed by atoms with Crippen molar-refractivity contribution in [2.45, 2.75) is 64.1 Å². The van der Waals surface area contributed by atoms with Gasteiger partial charge in [0.25, 0.3) is 0 Å². The van der Waals surface area contributed by atoms with Crippen molar-refractivity contribution in [1.82, 2.24) is 25.5 Å². The topological polar surface area (TPSA) is 72.7 Å². The van der Waals surface area contributed by atoms with E-state index >= 15 is 0 Å². The van der Waals surface area contributed by atoms with Crippen LogP contribution in [-0.4, -0.2) is 37.9 Å². The fourth-order valence-corrected chi connectivity index (χ4v) is 4.30. The quantitative estimate of drug-likeness (QED) is 0.763. The number of rotatable bonds is 6. The maximum absolute atomic E-state index is 12.4. The summed E-state index contributed by atoms with van der Waals surface area (Å²) in [5.41, 5.74) is 2.18. The first kappa shape index (κ1) is 19.9. The lowest BCUT2D eigenvalue weighted by Gasteiger charge is -2.34. The summed E-state index contributed by atoms with van der Waals surface area (Å²) >= 11 is 1.37. The summed E-state index contributed by atoms with van der Waals surface area (Å²) in [6.45, 7) is 8.85. The second-order valence-corrected chi connectivity index (χ2v) is 8.79. The summed E-state index contributed by atoms with van der Waals surface area (Å²) in [5, 5.41) is 15.8. The number of hydrogen-bond donors (Lipinski definition) is 1. The van der Waals surface area contributed by atoms with Gasteiger partial charge in [-0.3, -0.25) is 4.79 Å². The van der Waals surface area contributed by atoms with Crippen molar-refractivity contribution in [3.63, 3.8) is 0 Å². The molecule has 1 N–H and O–H groups in total. The Morgan fingerprint density at radius 1 is 1.26 bits per heavy atom. The molecule has 2 aromatic rings. The smallest absolute Gasteiger partial charge is 0.230 e. The fraction of sp³-hybridized carbons (Fsp3) is 0.600. The molecule has 0 bridgehead atoms. The van der Waals surface area contributed by atoms with Crippen LogP contribution in [-0.2, 0) is 4.79 Å². The number of thioether (sulfide) groups is 1. The number of nitrogens with one attached hydrogen (secondary N) is 1. The molecule has 0 spiro atoms. The molecular formula is C20H29N5OS. The minimum absolute atomic E-state index is 0.0515. The maximum atomic E-state index is 12.4. The third kappa shape index (κ3) is 4.89. The van der Waals surface area contributed by atoms with Gasteiger partial charge in [-0.25, -0.2) is 0 Å². The van der Waals surface area contributed by atoms with Crippen LogP contribution in [0.4, 0.5) is 0 Å². The number of tetrazole rings is 1. The SMILES string of the molecule is CC(C)c1ccc(-n2nnnc2SCC(=O)N[C@H]2CCC[C@@H](C)[C@H]2C)cc1. The Balaban J connectivity index is 1.59. The number of aromatic nitrogens is 4. The van der Waals surface area contributed by atoms with Crippen LogP contribution in [0, 0.1) is 11.8 Å². The Labute approximate surface area is 165 Å². The first-order valence-corrected chi connectivity index (χ1v) is 10.7. The van der Waals surface area contributed by atoms with E-state index in [2.05, 4.69) is 60.7 Å². The van der Waals surface area contributed by atoms with E-state index in [4.69, 9.17) is 0 Å². The highest BCUT2D eigenvalue weighted by Gasteiger charge is 2.28. The van der Waals surface area contributed by atoms with E-state index in [9.17, 15) is 4.79 Å². The minimum Gasteiger partial charge on any atom is -0.352 e. The molecule has 1 amide bonds. The van der Waals surface area contributed by atoms with Gasteiger partial charge in [0.2, 0.25) is 11.1 Å². The van der Waals surface area contributed by atoms with E-state index in [1.165, 1.54) is 30.2 Å². The zero-order valence-corrected chi connectivity index (χ0v) is 17.4. The van der Waals surface area contributed by atoms with Gasteiger partial charge in [-0.1, -0.05) is 64.4 Å². The number of nitrogens with zero attached hydrogens (tertiary/aromatic N) is 4. The van der Waals surface area contributed by atoms with Crippen molar-refractivity contribution >= 4 is 17.7 Å². The van der Waals surface area contributed by atoms with Crippen LogP contribution in [0.25, 0.3) is 5.69 Å². The lowest BCUT2D eigenvalue weighted by Crippen LogP contribution is -2.44. The van der Waals surface area contributed by atoms with Crippen LogP contribution in [0.5, 0.6) is 0 Å². The molecule has 3 rings (SSSR count). The zero-order valence-electron chi connectivity index (χ0n) is 16.6. The largest absolute Gasteiger partial charge is 0.352 e. The molecule has 1 heterocycles. The highest BCUT2D eigenvalue weighted by atomic mass is 32.2. The molecule has 27 heavy (non-hydrogen) atoms. The van der Waals surface area contributed by atoms with Gasteiger partial charge < -0.3 is 5.32 Å². The van der Waals surface area contributed by atoms with Crippen molar-refractivity contribution in [3.05, 3.63) is 29.8 Å². The Hall–Kier alpha value is -1.89. The van der Waals surface area contributed by atoms with E-state index in [1.807, 2.05) is 12.1 Å². The standard InChI is InChI=1S/C20H29N5OS/c1-13(2)16-8-10-17(11-9-16)25-20(22-23-24-25)27-12-19(26)21-18-7-5-6-14(3)15(18)4/h8-11,13-15,18H,5-7,12H2,1-4H3,(H,21,26)/t14-,15-,18+/m1/s1. The van der Waals surface area contributed by atoms with Crippen molar-refractivity contribution in [3.8, 4) is 5.69 Å². The molecular weight excluding hydrogens is 358 g/mol. The molecule has 1 saturated carbocycles. The van der Waals surface area contributed by atoms with E-state index in [0.29, 0.717) is 28.7 Å². The number of hydrogen-bond acceptors (Lipinski definition) is 5. The summed E-state index contributed by atoms with van der Waals surface area (Å²) in [5.74, 6) is 2.04. The predicted molar refractivity (Wildman–Crippen MR) is 108 cm³/mol. The Bertz CT molecular complexity index is 758. The molecule has 0 unspecified atom stereocenters. The molecule has 146 valence electrons. The second-order valence-electron chi connectivity index (χ2n) is 7.85. The van der Waals surface area contributed by atoms with Gasteiger partial charge in [-0.15, -0.1) is 5.10 Å². The Morgan fingerprint density at radius 2 is 2.00 bits per heavy atom. The minimum atomic E-state index is 0.0515. The van der Waals surface area contributed by atoms with E-state index in [-0.39, 0.29) is 11.9 Å². The number of carbonyl (C=O) groups is 1. The van der Waals surface area contributed by atoms with Crippen LogP contribution < -0.4 is 5.32 Å². The highest BCUT2D eigenvalue weighted by molar-refractivity contribution is 7.99. The van der Waals surface area contributed by atoms with E-state index < -0.39 is 0 Å². The van der Waals surface area contributed by atoms with Crippen molar-refractivity contribution < 1.29 is 4.79 Å². The summed E-state index contributed by atoms with van der Waals surface area (Å²) < 4.78 is 1.69. The molecule has 1 fully saturated rings. The third-order valence-electron chi connectivity index (χ3n) is 5.63. The van der Waals surface area contributed by atoms with Crippen LogP contribution in [0.2, 0.25) is 0 Å². The molecule has 1 aliphatic carbocycles. The third-order valence-corrected chi connectivity index (χ3v) is 6.55. The summed E-state index contributed by atoms with van der Waals surface area (Å²) in [6.07, 6.45) is 3.52. The van der Waals surface area contributed by atoms with E-state index in [1.54, 1.807) is 4.68 Å². The van der Waals surface area contributed by atoms with Crippen LogP contribution in [0.1, 0.15) is 58.4 Å². The van der Waals surface area contributed by atoms with Crippen molar-refractivity contribution in [1.29, 1.82) is 0 Å². The highest BCUT2D eigenvalue weighted by Crippen LogP contribution is 2.29. The lowest BCUT2D eigenvalue weighted by atomic mass is 9.78. The predicted octanol–water partition coefficient (Wildman–Crippen LogP) is 3.82. The molecule has 7 heteroatoms. The average Bonchev–Trinajstić information content (AvgIpc) is 3.12. The van der Waals surface area contributed by atoms with E-state index in [0.717, 1.165) is 12.1 Å². The molecule has 1 aromatic heterocycles. The van der Waals surface area contributed by atoms with Crippen molar-refractivity contribution in [2.75, 3.05) is 5.75 Å². The molecule has 3 atom stereocenters. The van der Waals surface area contributed by atoms with Gasteiger partial charge in [0.1, 0.15) is 0 Å². The van der Waals surface area contributed by atoms with Gasteiger partial charge in [-0.2, -0.15) is 4.68 Å². The molecule has 1 aliphatic rings. The Morgan fingerprint density at radius 3 is 2.70 bits per heavy atom. The zero-order chi connectivity index (χ0) is 19.4. The first-order valence-electron chi connectivity index (χ1n) is 9.76. The van der Waals surface area contributed by atoms with Gasteiger partial charge >= 0.3 is 0 Å². The normalized spacial score (nSPS) is 22.8. The van der Waals surface area contributed by atoms with Crippen molar-refractivity contribution in [2.24, 2.45) is 11.8 Å². The van der Waals surface area contributed by atoms with Gasteiger partial charge in [0, 0.05) is 6.04 Å². The molecule has 1 aromatic carbocycles. The van der Waals surface area contributed by atoms with Gasteiger partial charge in [0.05, 0.1) is 11.4 Å². The monoisotopic (exact) mass is 387 g/mol. The van der Waals surface area contributed by atoms with Crippen LogP contribution in [0.15, 0.2) is 29.4 Å². The van der Waals surface area contributed by atoms with Crippen LogP contribution in [0.3, 0.4) is 0 Å². The molecule has 6 nitrogen and oxygen atoms in total. The summed E-state index contributed by atoms with van der Waals surface area (Å²) in [6, 6.07) is 8.49. The van der Waals surface area contributed by atoms with Gasteiger partial charge in [-0.05, 0) is 52.3 Å². The molecule has 0 aliphatic heterocycles. The Kier molecular flexibility index (Phi) is 6.52. The maximum Gasteiger partial charge on any atom is 0.230 e. The first-order chi connectivity index (χ1) is 13.0. The summed E-state index contributed by atoms with van der Waals surface area (Å²) in [4.78, 5) is 12.4. The number of carbonyl (C=O) groups excluding carboxylic acids is 1. The summed E-state index contributed by atoms with van der Waals surface area (Å²) in [7, 11) is 0. The lowest BCUT2D eigenvalue weighted by molar-refractivity contribution is -0.120.